The fourth-order valence-corrected chi connectivity index (χ4v) is 1.41. The second-order valence-electron chi connectivity index (χ2n) is 3.96. The van der Waals surface area contributed by atoms with Crippen LogP contribution in [0.3, 0.4) is 0 Å². The van der Waals surface area contributed by atoms with Gasteiger partial charge in [-0.2, -0.15) is 0 Å². The Morgan fingerprint density at radius 3 is 2.83 bits per heavy atom. The maximum Gasteiger partial charge on any atom is 0.413 e. The van der Waals surface area contributed by atoms with E-state index in [0.29, 0.717) is 33.0 Å². The van der Waals surface area contributed by atoms with Gasteiger partial charge in [0.15, 0.2) is 0 Å². The maximum atomic E-state index is 11.2. The number of carbonyl (C=O) groups is 1. The molecule has 0 aliphatic carbocycles. The molecule has 0 N–H and O–H groups in total. The first-order chi connectivity index (χ1) is 8.74. The average molecular weight is 259 g/mol. The van der Waals surface area contributed by atoms with Crippen molar-refractivity contribution in [2.24, 2.45) is 0 Å². The van der Waals surface area contributed by atoms with Crippen LogP contribution in [0.25, 0.3) is 0 Å². The van der Waals surface area contributed by atoms with E-state index < -0.39 is 0 Å². The van der Waals surface area contributed by atoms with E-state index in [1.807, 2.05) is 13.1 Å². The van der Waals surface area contributed by atoms with Crippen molar-refractivity contribution in [3.05, 3.63) is 11.8 Å². The monoisotopic (exact) mass is 259 g/mol. The lowest BCUT2D eigenvalue weighted by Crippen LogP contribution is -2.17. The summed E-state index contributed by atoms with van der Waals surface area (Å²) in [5.74, 6) is 0. The van der Waals surface area contributed by atoms with Gasteiger partial charge in [0.2, 0.25) is 0 Å². The molecule has 0 radical (unpaired) electrons. The Hall–Kier alpha value is -1.11. The van der Waals surface area contributed by atoms with Crippen LogP contribution in [0.2, 0.25) is 0 Å². The molecule has 6 heteroatoms. The summed E-state index contributed by atoms with van der Waals surface area (Å²) >= 11 is 0. The van der Waals surface area contributed by atoms with Gasteiger partial charge in [0.1, 0.15) is 13.4 Å². The number of rotatable bonds is 9. The number of cyclic esters (lactones) is 1. The summed E-state index contributed by atoms with van der Waals surface area (Å²) in [5, 5.41) is 0. The highest BCUT2D eigenvalue weighted by Crippen LogP contribution is 2.08. The molecule has 18 heavy (non-hydrogen) atoms. The van der Waals surface area contributed by atoms with Gasteiger partial charge in [-0.05, 0) is 13.3 Å². The first kappa shape index (κ1) is 14.9. The molecule has 0 atom stereocenters. The van der Waals surface area contributed by atoms with Crippen LogP contribution in [0.4, 0.5) is 4.79 Å². The van der Waals surface area contributed by atoms with Crippen molar-refractivity contribution in [3.8, 4) is 0 Å². The SMILES string of the molecule is COCCOCOCC/C(C)=C\N1CCOC1=O. The van der Waals surface area contributed by atoms with Crippen molar-refractivity contribution in [2.45, 2.75) is 13.3 Å². The second kappa shape index (κ2) is 8.91. The summed E-state index contributed by atoms with van der Waals surface area (Å²) in [6.07, 6.45) is 2.29. The van der Waals surface area contributed by atoms with Crippen molar-refractivity contribution in [1.82, 2.24) is 4.90 Å². The molecule has 0 bridgehead atoms. The van der Waals surface area contributed by atoms with Gasteiger partial charge in [-0.25, -0.2) is 4.79 Å². The summed E-state index contributed by atoms with van der Waals surface area (Å²) in [6, 6.07) is 0. The van der Waals surface area contributed by atoms with E-state index in [4.69, 9.17) is 18.9 Å². The average Bonchev–Trinajstić information content (AvgIpc) is 2.74. The van der Waals surface area contributed by atoms with E-state index in [1.165, 1.54) is 0 Å². The van der Waals surface area contributed by atoms with Crippen LogP contribution in [0.15, 0.2) is 11.8 Å². The molecule has 6 nitrogen and oxygen atoms in total. The molecular formula is C12H21NO5. The van der Waals surface area contributed by atoms with Crippen LogP contribution in [0, 0.1) is 0 Å². The predicted molar refractivity (Wildman–Crippen MR) is 65.1 cm³/mol. The third-order valence-corrected chi connectivity index (χ3v) is 2.41. The molecule has 0 spiro atoms. The van der Waals surface area contributed by atoms with Gasteiger partial charge in [0.25, 0.3) is 0 Å². The van der Waals surface area contributed by atoms with Crippen LogP contribution in [-0.2, 0) is 18.9 Å². The maximum absolute atomic E-state index is 11.2. The molecule has 1 fully saturated rings. The number of methoxy groups -OCH3 is 1. The quantitative estimate of drug-likeness (QED) is 0.462. The Morgan fingerprint density at radius 1 is 1.39 bits per heavy atom. The molecule has 1 heterocycles. The lowest BCUT2D eigenvalue weighted by molar-refractivity contribution is -0.0647. The van der Waals surface area contributed by atoms with Crippen LogP contribution in [0.1, 0.15) is 13.3 Å². The molecule has 1 aliphatic rings. The molecule has 0 aromatic heterocycles. The molecule has 1 amide bonds. The zero-order valence-corrected chi connectivity index (χ0v) is 11.0. The van der Waals surface area contributed by atoms with Crippen molar-refractivity contribution in [1.29, 1.82) is 0 Å². The van der Waals surface area contributed by atoms with Gasteiger partial charge in [-0.3, -0.25) is 4.90 Å². The molecule has 1 saturated heterocycles. The molecule has 0 saturated carbocycles. The number of amides is 1. The third-order valence-electron chi connectivity index (χ3n) is 2.41. The molecular weight excluding hydrogens is 238 g/mol. The minimum atomic E-state index is -0.279. The molecule has 104 valence electrons. The lowest BCUT2D eigenvalue weighted by Gasteiger charge is -2.09. The van der Waals surface area contributed by atoms with Crippen LogP contribution in [-0.4, -0.2) is 57.9 Å². The fraction of sp³-hybridized carbons (Fsp3) is 0.750. The first-order valence-corrected chi connectivity index (χ1v) is 5.99. The summed E-state index contributed by atoms with van der Waals surface area (Å²) in [5.41, 5.74) is 1.07. The molecule has 0 aromatic rings. The Bertz CT molecular complexity index is 280. The molecule has 0 aromatic carbocycles. The lowest BCUT2D eigenvalue weighted by atomic mass is 10.2. The largest absolute Gasteiger partial charge is 0.447 e. The van der Waals surface area contributed by atoms with Gasteiger partial charge in [0, 0.05) is 13.3 Å². The van der Waals surface area contributed by atoms with Gasteiger partial charge in [-0.15, -0.1) is 0 Å². The number of nitrogens with zero attached hydrogens (tertiary/aromatic N) is 1. The van der Waals surface area contributed by atoms with E-state index in [9.17, 15) is 4.79 Å². The number of hydrogen-bond acceptors (Lipinski definition) is 5. The smallest absolute Gasteiger partial charge is 0.413 e. The Balaban J connectivity index is 2.04. The van der Waals surface area contributed by atoms with E-state index in [0.717, 1.165) is 12.0 Å². The fourth-order valence-electron chi connectivity index (χ4n) is 1.41. The Labute approximate surface area is 107 Å². The second-order valence-corrected chi connectivity index (χ2v) is 3.96. The van der Waals surface area contributed by atoms with E-state index in [1.54, 1.807) is 12.0 Å². The standard InChI is InChI=1S/C12H21NO5/c1-11(9-13-4-6-18-12(13)14)3-5-16-10-17-8-7-15-2/h9H,3-8,10H2,1-2H3/b11-9-. The number of ether oxygens (including phenoxy) is 4. The van der Waals surface area contributed by atoms with Crippen molar-refractivity contribution in [3.63, 3.8) is 0 Å². The van der Waals surface area contributed by atoms with Crippen molar-refractivity contribution >= 4 is 6.09 Å². The molecule has 1 aliphatic heterocycles. The van der Waals surface area contributed by atoms with Gasteiger partial charge >= 0.3 is 6.09 Å². The summed E-state index contributed by atoms with van der Waals surface area (Å²) in [6.45, 7) is 4.98. The number of hydrogen-bond donors (Lipinski definition) is 0. The van der Waals surface area contributed by atoms with Crippen molar-refractivity contribution in [2.75, 3.05) is 46.9 Å². The first-order valence-electron chi connectivity index (χ1n) is 5.99. The van der Waals surface area contributed by atoms with E-state index in [-0.39, 0.29) is 12.9 Å². The highest BCUT2D eigenvalue weighted by atomic mass is 16.7. The predicted octanol–water partition coefficient (Wildman–Crippen LogP) is 1.37. The summed E-state index contributed by atoms with van der Waals surface area (Å²) < 4.78 is 20.1. The van der Waals surface area contributed by atoms with Crippen LogP contribution in [0.5, 0.6) is 0 Å². The zero-order chi connectivity index (χ0) is 13.2. The Kier molecular flexibility index (Phi) is 7.40. The van der Waals surface area contributed by atoms with Gasteiger partial charge < -0.3 is 18.9 Å². The highest BCUT2D eigenvalue weighted by Gasteiger charge is 2.19. The van der Waals surface area contributed by atoms with E-state index >= 15 is 0 Å². The third kappa shape index (κ3) is 6.00. The van der Waals surface area contributed by atoms with E-state index in [2.05, 4.69) is 0 Å². The van der Waals surface area contributed by atoms with Crippen LogP contribution >= 0.6 is 0 Å². The normalized spacial score (nSPS) is 16.2. The minimum Gasteiger partial charge on any atom is -0.447 e. The molecule has 1 rings (SSSR count). The summed E-state index contributed by atoms with van der Waals surface area (Å²) in [4.78, 5) is 12.8. The number of carbonyl (C=O) groups excluding carboxylic acids is 1. The van der Waals surface area contributed by atoms with Crippen LogP contribution < -0.4 is 0 Å². The minimum absolute atomic E-state index is 0.266. The van der Waals surface area contributed by atoms with Gasteiger partial charge in [-0.1, -0.05) is 5.57 Å². The topological polar surface area (TPSA) is 57.2 Å². The zero-order valence-electron chi connectivity index (χ0n) is 11.0. The highest BCUT2D eigenvalue weighted by molar-refractivity contribution is 5.70. The van der Waals surface area contributed by atoms with Gasteiger partial charge in [0.05, 0.1) is 26.4 Å². The summed E-state index contributed by atoms with van der Waals surface area (Å²) in [7, 11) is 1.63. The Morgan fingerprint density at radius 2 is 2.17 bits per heavy atom. The molecule has 0 unspecified atom stereocenters. The van der Waals surface area contributed by atoms with Crippen molar-refractivity contribution < 1.29 is 23.7 Å².